The first kappa shape index (κ1) is 11.7. The molecule has 3 nitrogen and oxygen atoms in total. The molecule has 1 aromatic carbocycles. The van der Waals surface area contributed by atoms with Crippen LogP contribution in [0.3, 0.4) is 0 Å². The normalized spacial score (nSPS) is 11.8. The van der Waals surface area contributed by atoms with Crippen molar-refractivity contribution in [2.24, 2.45) is 5.73 Å². The summed E-state index contributed by atoms with van der Waals surface area (Å²) in [7, 11) is 0. The molecule has 0 aliphatic rings. The summed E-state index contributed by atoms with van der Waals surface area (Å²) in [6, 6.07) is 6.87. The third kappa shape index (κ3) is 2.47. The van der Waals surface area contributed by atoms with Gasteiger partial charge in [0.15, 0.2) is 0 Å². The van der Waals surface area contributed by atoms with E-state index in [0.717, 1.165) is 11.8 Å². The summed E-state index contributed by atoms with van der Waals surface area (Å²) in [4.78, 5) is 5.94. The van der Waals surface area contributed by atoms with Crippen molar-refractivity contribution in [3.05, 3.63) is 41.7 Å². The van der Waals surface area contributed by atoms with Gasteiger partial charge in [-0.2, -0.15) is 13.2 Å². The van der Waals surface area contributed by atoms with Gasteiger partial charge in [-0.15, -0.1) is 0 Å². The van der Waals surface area contributed by atoms with E-state index >= 15 is 0 Å². The van der Waals surface area contributed by atoms with Gasteiger partial charge in [0.2, 0.25) is 0 Å². The van der Waals surface area contributed by atoms with E-state index in [4.69, 9.17) is 5.73 Å². The molecule has 0 bridgehead atoms. The second-order valence-electron chi connectivity index (χ2n) is 3.54. The molecular formula is C11H10F3N3. The number of H-pyrrole nitrogens is 1. The van der Waals surface area contributed by atoms with Gasteiger partial charge in [-0.05, 0) is 5.56 Å². The van der Waals surface area contributed by atoms with Gasteiger partial charge in [-0.25, -0.2) is 4.98 Å². The van der Waals surface area contributed by atoms with Gasteiger partial charge < -0.3 is 10.7 Å². The maximum Gasteiger partial charge on any atom is 0.432 e. The van der Waals surface area contributed by atoms with Crippen LogP contribution in [0.1, 0.15) is 11.3 Å². The molecule has 1 heterocycles. The summed E-state index contributed by atoms with van der Waals surface area (Å²) in [6.07, 6.45) is -3.62. The molecule has 6 heteroatoms. The van der Waals surface area contributed by atoms with Crippen molar-refractivity contribution in [1.82, 2.24) is 9.97 Å². The minimum atomic E-state index is -4.40. The molecule has 3 N–H and O–H groups in total. The molecule has 90 valence electrons. The molecule has 0 unspecified atom stereocenters. The lowest BCUT2D eigenvalue weighted by Gasteiger charge is -2.02. The summed E-state index contributed by atoms with van der Waals surface area (Å²) in [5.41, 5.74) is 6.08. The van der Waals surface area contributed by atoms with Crippen molar-refractivity contribution in [3.63, 3.8) is 0 Å². The highest BCUT2D eigenvalue weighted by Crippen LogP contribution is 2.29. The van der Waals surface area contributed by atoms with Crippen molar-refractivity contribution in [2.45, 2.75) is 12.7 Å². The van der Waals surface area contributed by atoms with Crippen molar-refractivity contribution in [1.29, 1.82) is 0 Å². The van der Waals surface area contributed by atoms with Crippen LogP contribution in [0.2, 0.25) is 0 Å². The number of nitrogens with zero attached hydrogens (tertiary/aromatic N) is 1. The fourth-order valence-electron chi connectivity index (χ4n) is 1.41. The topological polar surface area (TPSA) is 54.7 Å². The van der Waals surface area contributed by atoms with Crippen LogP contribution in [-0.2, 0) is 12.7 Å². The largest absolute Gasteiger partial charge is 0.432 e. The van der Waals surface area contributed by atoms with Crippen molar-refractivity contribution in [2.75, 3.05) is 0 Å². The van der Waals surface area contributed by atoms with Crippen molar-refractivity contribution >= 4 is 0 Å². The van der Waals surface area contributed by atoms with E-state index in [-0.39, 0.29) is 5.82 Å². The number of benzene rings is 1. The van der Waals surface area contributed by atoms with Crippen LogP contribution < -0.4 is 5.73 Å². The van der Waals surface area contributed by atoms with Crippen LogP contribution in [0, 0.1) is 0 Å². The fourth-order valence-corrected chi connectivity index (χ4v) is 1.41. The van der Waals surface area contributed by atoms with Gasteiger partial charge in [0.25, 0.3) is 0 Å². The van der Waals surface area contributed by atoms with Crippen LogP contribution in [0.25, 0.3) is 11.4 Å². The predicted molar refractivity (Wildman–Crippen MR) is 56.9 cm³/mol. The molecule has 0 atom stereocenters. The summed E-state index contributed by atoms with van der Waals surface area (Å²) in [5.74, 6) is 0.195. The third-order valence-corrected chi connectivity index (χ3v) is 2.34. The molecule has 0 saturated heterocycles. The Morgan fingerprint density at radius 1 is 1.18 bits per heavy atom. The smallest absolute Gasteiger partial charge is 0.334 e. The molecule has 2 aromatic rings. The molecule has 2 rings (SSSR count). The average Bonchev–Trinajstić information content (AvgIpc) is 2.78. The van der Waals surface area contributed by atoms with Crippen LogP contribution in [0.4, 0.5) is 13.2 Å². The maximum absolute atomic E-state index is 12.3. The minimum Gasteiger partial charge on any atom is -0.334 e. The maximum atomic E-state index is 12.3. The van der Waals surface area contributed by atoms with E-state index in [9.17, 15) is 13.2 Å². The highest BCUT2D eigenvalue weighted by atomic mass is 19.4. The Labute approximate surface area is 95.5 Å². The second-order valence-corrected chi connectivity index (χ2v) is 3.54. The van der Waals surface area contributed by atoms with E-state index < -0.39 is 11.9 Å². The first-order chi connectivity index (χ1) is 8.00. The Bertz CT molecular complexity index is 499. The van der Waals surface area contributed by atoms with Gasteiger partial charge >= 0.3 is 6.18 Å². The van der Waals surface area contributed by atoms with Gasteiger partial charge in [0, 0.05) is 12.1 Å². The fraction of sp³-hybridized carbons (Fsp3) is 0.182. The first-order valence-electron chi connectivity index (χ1n) is 4.92. The summed E-state index contributed by atoms with van der Waals surface area (Å²) < 4.78 is 37.0. The first-order valence-corrected chi connectivity index (χ1v) is 4.92. The van der Waals surface area contributed by atoms with Gasteiger partial charge in [0.1, 0.15) is 11.5 Å². The predicted octanol–water partition coefficient (Wildman–Crippen LogP) is 2.55. The van der Waals surface area contributed by atoms with Crippen molar-refractivity contribution < 1.29 is 13.2 Å². The molecular weight excluding hydrogens is 231 g/mol. The summed E-state index contributed by atoms with van der Waals surface area (Å²) >= 11 is 0. The number of halogens is 3. The van der Waals surface area contributed by atoms with Gasteiger partial charge in [-0.3, -0.25) is 0 Å². The molecule has 0 aliphatic carbocycles. The quantitative estimate of drug-likeness (QED) is 0.848. The van der Waals surface area contributed by atoms with E-state index in [1.807, 2.05) is 0 Å². The van der Waals surface area contributed by atoms with Crippen LogP contribution in [-0.4, -0.2) is 9.97 Å². The molecule has 0 saturated carbocycles. The lowest BCUT2D eigenvalue weighted by atomic mass is 10.1. The Kier molecular flexibility index (Phi) is 2.89. The molecule has 0 spiro atoms. The summed E-state index contributed by atoms with van der Waals surface area (Å²) in [5, 5.41) is 0. The van der Waals surface area contributed by atoms with Gasteiger partial charge in [-0.1, -0.05) is 24.3 Å². The molecule has 0 aliphatic heterocycles. The Hall–Kier alpha value is -1.82. The zero-order valence-electron chi connectivity index (χ0n) is 8.75. The number of hydrogen-bond donors (Lipinski definition) is 2. The highest BCUT2D eigenvalue weighted by Gasteiger charge is 2.32. The Morgan fingerprint density at radius 3 is 2.29 bits per heavy atom. The lowest BCUT2D eigenvalue weighted by molar-refractivity contribution is -0.140. The number of rotatable bonds is 2. The number of nitrogens with one attached hydrogen (secondary N) is 1. The second kappa shape index (κ2) is 4.21. The number of alkyl halides is 3. The molecule has 0 fully saturated rings. The van der Waals surface area contributed by atoms with Crippen LogP contribution in [0.5, 0.6) is 0 Å². The van der Waals surface area contributed by atoms with E-state index in [1.165, 1.54) is 0 Å². The number of imidazole rings is 1. The van der Waals surface area contributed by atoms with E-state index in [0.29, 0.717) is 12.1 Å². The molecule has 1 aromatic heterocycles. The summed E-state index contributed by atoms with van der Waals surface area (Å²) in [6.45, 7) is 0.395. The number of aromatic nitrogens is 2. The SMILES string of the molecule is NCc1ccc(-c2ncc(C(F)(F)F)[nH]2)cc1. The number of nitrogens with two attached hydrogens (primary N) is 1. The average molecular weight is 241 g/mol. The number of aromatic amines is 1. The minimum absolute atomic E-state index is 0.195. The zero-order valence-corrected chi connectivity index (χ0v) is 8.75. The van der Waals surface area contributed by atoms with Crippen LogP contribution >= 0.6 is 0 Å². The Balaban J connectivity index is 2.30. The number of hydrogen-bond acceptors (Lipinski definition) is 2. The molecule has 0 amide bonds. The highest BCUT2D eigenvalue weighted by molar-refractivity contribution is 5.55. The zero-order chi connectivity index (χ0) is 12.5. The van der Waals surface area contributed by atoms with Crippen LogP contribution in [0.15, 0.2) is 30.5 Å². The standard InChI is InChI=1S/C11H10F3N3/c12-11(13,14)9-6-16-10(17-9)8-3-1-7(5-15)2-4-8/h1-4,6H,5,15H2,(H,16,17). The lowest BCUT2D eigenvalue weighted by Crippen LogP contribution is -2.04. The molecule has 17 heavy (non-hydrogen) atoms. The van der Waals surface area contributed by atoms with Gasteiger partial charge in [0.05, 0.1) is 6.20 Å². The molecule has 0 radical (unpaired) electrons. The van der Waals surface area contributed by atoms with E-state index in [2.05, 4.69) is 9.97 Å². The van der Waals surface area contributed by atoms with E-state index in [1.54, 1.807) is 24.3 Å². The van der Waals surface area contributed by atoms with Crippen molar-refractivity contribution in [3.8, 4) is 11.4 Å². The monoisotopic (exact) mass is 241 g/mol. The third-order valence-electron chi connectivity index (χ3n) is 2.34. The Morgan fingerprint density at radius 2 is 1.82 bits per heavy atom.